The van der Waals surface area contributed by atoms with Gasteiger partial charge < -0.3 is 19.8 Å². The van der Waals surface area contributed by atoms with E-state index in [1.165, 1.54) is 36.1 Å². The summed E-state index contributed by atoms with van der Waals surface area (Å²) in [5.74, 6) is -3.86. The fraction of sp³-hybridized carbons (Fsp3) is 0.375. The fourth-order valence-electron chi connectivity index (χ4n) is 3.59. The summed E-state index contributed by atoms with van der Waals surface area (Å²) in [5.41, 5.74) is -3.41. The third-order valence-corrected chi connectivity index (χ3v) is 5.82. The number of halogens is 2. The molecule has 2 aromatic carbocycles. The molecular weight excluding hydrogens is 453 g/mol. The number of ether oxygens (including phenoxy) is 1. The molecule has 7 nitrogen and oxygen atoms in total. The van der Waals surface area contributed by atoms with Gasteiger partial charge in [0, 0.05) is 29.6 Å². The summed E-state index contributed by atoms with van der Waals surface area (Å²) in [6.45, 7) is 6.93. The molecular formula is C24H25ClFNO6. The van der Waals surface area contributed by atoms with Crippen molar-refractivity contribution in [1.29, 1.82) is 0 Å². The van der Waals surface area contributed by atoms with Gasteiger partial charge in [-0.2, -0.15) is 0 Å². The van der Waals surface area contributed by atoms with E-state index >= 15 is 4.39 Å². The standard InChI is InChI=1S/C24H25ClFNO6/c1-23(2,3)33-22(31)27-11-15(12-27)24(4,32)14-9-17(21(29)30)19(18(26)10-14)20(28)13-5-7-16(25)8-6-13/h5-10,15,32H,11-12H2,1-4H3,(H,29,30). The van der Waals surface area contributed by atoms with Crippen molar-refractivity contribution in [2.75, 3.05) is 13.1 Å². The van der Waals surface area contributed by atoms with E-state index in [1.807, 2.05) is 0 Å². The van der Waals surface area contributed by atoms with E-state index in [9.17, 15) is 24.6 Å². The van der Waals surface area contributed by atoms with E-state index in [-0.39, 0.29) is 24.2 Å². The van der Waals surface area contributed by atoms with Crippen LogP contribution >= 0.6 is 11.6 Å². The number of hydrogen-bond acceptors (Lipinski definition) is 5. The molecule has 9 heteroatoms. The highest BCUT2D eigenvalue weighted by Gasteiger charge is 2.45. The number of carbonyl (C=O) groups is 3. The molecule has 0 spiro atoms. The quantitative estimate of drug-likeness (QED) is 0.615. The number of rotatable bonds is 5. The molecule has 1 aliphatic heterocycles. The average Bonchev–Trinajstić information content (AvgIpc) is 2.64. The minimum Gasteiger partial charge on any atom is -0.478 e. The minimum absolute atomic E-state index is 0.00102. The first-order chi connectivity index (χ1) is 15.2. The van der Waals surface area contributed by atoms with Crippen LogP contribution in [-0.4, -0.2) is 51.6 Å². The van der Waals surface area contributed by atoms with Crippen LogP contribution in [0.1, 0.15) is 59.5 Å². The second-order valence-electron chi connectivity index (χ2n) is 9.25. The van der Waals surface area contributed by atoms with Crippen LogP contribution in [0.3, 0.4) is 0 Å². The first kappa shape index (κ1) is 24.7. The van der Waals surface area contributed by atoms with Gasteiger partial charge in [-0.3, -0.25) is 4.79 Å². The Kier molecular flexibility index (Phi) is 6.55. The van der Waals surface area contributed by atoms with Crippen LogP contribution in [0.15, 0.2) is 36.4 Å². The highest BCUT2D eigenvalue weighted by molar-refractivity contribution is 6.30. The van der Waals surface area contributed by atoms with Crippen molar-refractivity contribution in [3.8, 4) is 0 Å². The third-order valence-electron chi connectivity index (χ3n) is 5.57. The Bertz CT molecular complexity index is 1100. The Labute approximate surface area is 195 Å². The normalized spacial score (nSPS) is 16.0. The van der Waals surface area contributed by atoms with Gasteiger partial charge in [-0.25, -0.2) is 14.0 Å². The zero-order valence-electron chi connectivity index (χ0n) is 18.7. The number of likely N-dealkylation sites (tertiary alicyclic amines) is 1. The predicted molar refractivity (Wildman–Crippen MR) is 119 cm³/mol. The van der Waals surface area contributed by atoms with E-state index < -0.39 is 51.9 Å². The average molecular weight is 478 g/mol. The lowest BCUT2D eigenvalue weighted by Crippen LogP contribution is -2.58. The van der Waals surface area contributed by atoms with Crippen molar-refractivity contribution in [1.82, 2.24) is 4.90 Å². The summed E-state index contributed by atoms with van der Waals surface area (Å²) in [5, 5.41) is 21.1. The molecule has 0 aromatic heterocycles. The van der Waals surface area contributed by atoms with Crippen molar-refractivity contribution in [2.45, 2.75) is 38.9 Å². The molecule has 1 aliphatic rings. The molecule has 0 bridgehead atoms. The predicted octanol–water partition coefficient (Wildman–Crippen LogP) is 4.48. The Morgan fingerprint density at radius 1 is 1.09 bits per heavy atom. The summed E-state index contributed by atoms with van der Waals surface area (Å²) in [6, 6.07) is 7.70. The highest BCUT2D eigenvalue weighted by atomic mass is 35.5. The van der Waals surface area contributed by atoms with E-state index in [2.05, 4.69) is 0 Å². The molecule has 1 heterocycles. The van der Waals surface area contributed by atoms with Gasteiger partial charge in [-0.05, 0) is 69.7 Å². The number of carboxylic acids is 1. The third kappa shape index (κ3) is 5.17. The summed E-state index contributed by atoms with van der Waals surface area (Å²) >= 11 is 5.82. The van der Waals surface area contributed by atoms with E-state index in [0.29, 0.717) is 5.02 Å². The van der Waals surface area contributed by atoms with Gasteiger partial charge in [0.05, 0.1) is 16.7 Å². The lowest BCUT2D eigenvalue weighted by molar-refractivity contribution is -0.0816. The van der Waals surface area contributed by atoms with E-state index in [1.54, 1.807) is 20.8 Å². The van der Waals surface area contributed by atoms with Gasteiger partial charge >= 0.3 is 12.1 Å². The number of nitrogens with zero attached hydrogens (tertiary/aromatic N) is 1. The molecule has 2 aromatic rings. The molecule has 33 heavy (non-hydrogen) atoms. The topological polar surface area (TPSA) is 104 Å². The molecule has 1 atom stereocenters. The number of amides is 1. The molecule has 176 valence electrons. The number of aromatic carboxylic acids is 1. The molecule has 0 radical (unpaired) electrons. The van der Waals surface area contributed by atoms with Gasteiger partial charge in [0.25, 0.3) is 0 Å². The SMILES string of the molecule is CC(C)(C)OC(=O)N1CC(C(C)(O)c2cc(F)c(C(=O)c3ccc(Cl)cc3)c(C(=O)O)c2)C1. The second kappa shape index (κ2) is 8.76. The number of hydrogen-bond donors (Lipinski definition) is 2. The smallest absolute Gasteiger partial charge is 0.410 e. The maximum Gasteiger partial charge on any atom is 0.410 e. The molecule has 1 unspecified atom stereocenters. The van der Waals surface area contributed by atoms with Crippen LogP contribution in [0, 0.1) is 11.7 Å². The second-order valence-corrected chi connectivity index (χ2v) is 9.69. The lowest BCUT2D eigenvalue weighted by atomic mass is 9.77. The number of benzene rings is 2. The Morgan fingerprint density at radius 2 is 1.67 bits per heavy atom. The van der Waals surface area contributed by atoms with Crippen LogP contribution in [0.25, 0.3) is 0 Å². The van der Waals surface area contributed by atoms with Crippen molar-refractivity contribution < 1.29 is 33.7 Å². The minimum atomic E-state index is -1.65. The number of carbonyl (C=O) groups excluding carboxylic acids is 2. The summed E-state index contributed by atoms with van der Waals surface area (Å²) in [4.78, 5) is 38.3. The summed E-state index contributed by atoms with van der Waals surface area (Å²) in [7, 11) is 0. The molecule has 1 amide bonds. The van der Waals surface area contributed by atoms with Gasteiger partial charge in [0.15, 0.2) is 5.78 Å². The van der Waals surface area contributed by atoms with Gasteiger partial charge in [-0.1, -0.05) is 11.6 Å². The van der Waals surface area contributed by atoms with Crippen LogP contribution in [0.5, 0.6) is 0 Å². The summed E-state index contributed by atoms with van der Waals surface area (Å²) in [6.07, 6.45) is -0.532. The Balaban J connectivity index is 1.89. The first-order valence-electron chi connectivity index (χ1n) is 10.3. The van der Waals surface area contributed by atoms with Crippen LogP contribution in [-0.2, 0) is 10.3 Å². The van der Waals surface area contributed by atoms with Crippen LogP contribution < -0.4 is 0 Å². The van der Waals surface area contributed by atoms with Crippen molar-refractivity contribution >= 4 is 29.4 Å². The maximum atomic E-state index is 15.1. The molecule has 3 rings (SSSR count). The number of carboxylic acid groups (broad SMARTS) is 1. The first-order valence-corrected chi connectivity index (χ1v) is 10.7. The zero-order chi connectivity index (χ0) is 24.7. The van der Waals surface area contributed by atoms with Crippen LogP contribution in [0.2, 0.25) is 5.02 Å². The summed E-state index contributed by atoms with van der Waals surface area (Å²) < 4.78 is 20.4. The molecule has 2 N–H and O–H groups in total. The van der Waals surface area contributed by atoms with E-state index in [4.69, 9.17) is 16.3 Å². The lowest BCUT2D eigenvalue weighted by Gasteiger charge is -2.46. The van der Waals surface area contributed by atoms with Gasteiger partial charge in [0.1, 0.15) is 11.4 Å². The molecule has 1 saturated heterocycles. The molecule has 1 fully saturated rings. The fourth-order valence-corrected chi connectivity index (χ4v) is 3.72. The number of ketones is 1. The van der Waals surface area contributed by atoms with Crippen molar-refractivity contribution in [3.05, 3.63) is 69.5 Å². The van der Waals surface area contributed by atoms with Crippen LogP contribution in [0.4, 0.5) is 9.18 Å². The zero-order valence-corrected chi connectivity index (χ0v) is 19.4. The highest BCUT2D eigenvalue weighted by Crippen LogP contribution is 2.38. The molecule has 0 saturated carbocycles. The van der Waals surface area contributed by atoms with Gasteiger partial charge in [-0.15, -0.1) is 0 Å². The van der Waals surface area contributed by atoms with Crippen molar-refractivity contribution in [2.24, 2.45) is 5.92 Å². The monoisotopic (exact) mass is 477 g/mol. The maximum absolute atomic E-state index is 15.1. The van der Waals surface area contributed by atoms with Crippen molar-refractivity contribution in [3.63, 3.8) is 0 Å². The Morgan fingerprint density at radius 3 is 2.18 bits per heavy atom. The number of aliphatic hydroxyl groups is 1. The molecule has 0 aliphatic carbocycles. The Hall–Kier alpha value is -2.97. The van der Waals surface area contributed by atoms with E-state index in [0.717, 1.165) is 12.1 Å². The van der Waals surface area contributed by atoms with Gasteiger partial charge in [0.2, 0.25) is 0 Å². The largest absolute Gasteiger partial charge is 0.478 e.